The molecule has 2 N–H and O–H groups in total. The average Bonchev–Trinajstić information content (AvgIpc) is 3.37. The molecule has 0 aliphatic carbocycles. The van der Waals surface area contributed by atoms with E-state index in [9.17, 15) is 9.59 Å². The number of hydrogen-bond acceptors (Lipinski definition) is 6. The molecule has 0 unspecified atom stereocenters. The lowest BCUT2D eigenvalue weighted by atomic mass is 10.1. The van der Waals surface area contributed by atoms with Crippen LogP contribution in [0, 0.1) is 0 Å². The molecule has 29 heavy (non-hydrogen) atoms. The van der Waals surface area contributed by atoms with Gasteiger partial charge in [0.15, 0.2) is 5.16 Å². The molecular weight excluding hydrogens is 424 g/mol. The van der Waals surface area contributed by atoms with Gasteiger partial charge in [0.25, 0.3) is 0 Å². The third kappa shape index (κ3) is 5.94. The van der Waals surface area contributed by atoms with E-state index in [1.165, 1.54) is 16.7 Å². The zero-order valence-electron chi connectivity index (χ0n) is 16.8. The fourth-order valence-corrected chi connectivity index (χ4v) is 4.87. The van der Waals surface area contributed by atoms with Crippen LogP contribution in [0.3, 0.4) is 0 Å². The van der Waals surface area contributed by atoms with Crippen molar-refractivity contribution in [2.75, 3.05) is 19.3 Å². The third-order valence-corrected chi connectivity index (χ3v) is 6.48. The van der Waals surface area contributed by atoms with Crippen LogP contribution in [0.25, 0.3) is 21.1 Å². The highest BCUT2D eigenvalue weighted by atomic mass is 32.2. The Hall–Kier alpha value is -2.10. The monoisotopic (exact) mass is 448 g/mol. The van der Waals surface area contributed by atoms with E-state index >= 15 is 0 Å². The zero-order chi connectivity index (χ0) is 21.0. The van der Waals surface area contributed by atoms with Crippen LogP contribution in [-0.2, 0) is 9.59 Å². The van der Waals surface area contributed by atoms with Crippen LogP contribution in [0.15, 0.2) is 40.2 Å². The lowest BCUT2D eigenvalue weighted by Crippen LogP contribution is -2.46. The van der Waals surface area contributed by atoms with Gasteiger partial charge in [-0.15, -0.1) is 22.7 Å². The summed E-state index contributed by atoms with van der Waals surface area (Å²) in [5.41, 5.74) is 1.55. The molecule has 3 rings (SSSR count). The van der Waals surface area contributed by atoms with Gasteiger partial charge < -0.3 is 15.2 Å². The Balaban J connectivity index is 1.65. The molecule has 0 saturated heterocycles. The van der Waals surface area contributed by atoms with E-state index in [0.717, 1.165) is 21.1 Å². The Morgan fingerprint density at radius 2 is 1.83 bits per heavy atom. The topological polar surface area (TPSA) is 78.1 Å². The first-order valence-electron chi connectivity index (χ1n) is 9.08. The third-order valence-electron chi connectivity index (χ3n) is 3.86. The Morgan fingerprint density at radius 3 is 2.41 bits per heavy atom. The number of amides is 2. The molecule has 0 aliphatic heterocycles. The van der Waals surface area contributed by atoms with Crippen LogP contribution in [0.4, 0.5) is 0 Å². The highest BCUT2D eigenvalue weighted by Gasteiger charge is 2.20. The van der Waals surface area contributed by atoms with Crippen LogP contribution in [0.2, 0.25) is 0 Å². The molecule has 154 valence electrons. The maximum Gasteiger partial charge on any atom is 0.240 e. The fraction of sp³-hybridized carbons (Fsp3) is 0.350. The van der Waals surface area contributed by atoms with Gasteiger partial charge in [-0.05, 0) is 43.7 Å². The summed E-state index contributed by atoms with van der Waals surface area (Å²) in [6.07, 6.45) is 0. The highest BCUT2D eigenvalue weighted by molar-refractivity contribution is 7.99. The van der Waals surface area contributed by atoms with Crippen LogP contribution < -0.4 is 5.32 Å². The van der Waals surface area contributed by atoms with E-state index in [2.05, 4.69) is 16.4 Å². The minimum atomic E-state index is -0.319. The second-order valence-electron chi connectivity index (χ2n) is 7.56. The van der Waals surface area contributed by atoms with Crippen LogP contribution in [0.5, 0.6) is 0 Å². The molecule has 3 aromatic heterocycles. The molecule has 6 nitrogen and oxygen atoms in total. The van der Waals surface area contributed by atoms with Crippen LogP contribution in [-0.4, -0.2) is 51.6 Å². The number of likely N-dealkylation sites (N-methyl/N-ethyl adjacent to an activating group) is 1. The number of imidazole rings is 1. The molecule has 0 radical (unpaired) electrons. The molecule has 0 aromatic carbocycles. The second kappa shape index (κ2) is 9.15. The number of rotatable bonds is 7. The van der Waals surface area contributed by atoms with Crippen molar-refractivity contribution >= 4 is 46.2 Å². The van der Waals surface area contributed by atoms with E-state index in [-0.39, 0.29) is 29.7 Å². The van der Waals surface area contributed by atoms with Gasteiger partial charge in [-0.25, -0.2) is 4.98 Å². The Bertz CT molecular complexity index is 905. The number of nitrogens with zero attached hydrogens (tertiary/aromatic N) is 2. The van der Waals surface area contributed by atoms with E-state index in [0.29, 0.717) is 5.16 Å². The van der Waals surface area contributed by atoms with Gasteiger partial charge in [-0.1, -0.05) is 23.9 Å². The average molecular weight is 449 g/mol. The summed E-state index contributed by atoms with van der Waals surface area (Å²) in [6, 6.07) is 8.10. The Morgan fingerprint density at radius 1 is 1.17 bits per heavy atom. The minimum absolute atomic E-state index is 0.0374. The number of thioether (sulfide) groups is 1. The van der Waals surface area contributed by atoms with Gasteiger partial charge in [0, 0.05) is 12.6 Å². The first-order valence-corrected chi connectivity index (χ1v) is 11.8. The van der Waals surface area contributed by atoms with Crippen LogP contribution >= 0.6 is 34.4 Å². The quantitative estimate of drug-likeness (QED) is 0.527. The molecule has 0 saturated carbocycles. The fourth-order valence-electron chi connectivity index (χ4n) is 2.61. The van der Waals surface area contributed by atoms with Crippen molar-refractivity contribution in [1.82, 2.24) is 20.2 Å². The molecule has 0 aliphatic rings. The number of hydrogen-bond donors (Lipinski definition) is 2. The SMILES string of the molecule is CN(CC(=O)NC(C)(C)C)C(=O)CSc1nc(-c2cccs2)c(-c2cccs2)[nH]1. The van der Waals surface area contributed by atoms with Gasteiger partial charge in [0.05, 0.1) is 27.7 Å². The number of carbonyl (C=O) groups is 2. The lowest BCUT2D eigenvalue weighted by molar-refractivity contribution is -0.133. The predicted octanol–water partition coefficient (Wildman–Crippen LogP) is 4.33. The Kier molecular flexibility index (Phi) is 6.81. The molecule has 0 spiro atoms. The van der Waals surface area contributed by atoms with E-state index < -0.39 is 0 Å². The molecular formula is C20H24N4O2S3. The molecule has 0 fully saturated rings. The van der Waals surface area contributed by atoms with Crippen molar-refractivity contribution in [1.29, 1.82) is 0 Å². The summed E-state index contributed by atoms with van der Waals surface area (Å²) >= 11 is 4.63. The van der Waals surface area contributed by atoms with Gasteiger partial charge >= 0.3 is 0 Å². The van der Waals surface area contributed by atoms with Gasteiger partial charge in [-0.2, -0.15) is 0 Å². The summed E-state index contributed by atoms with van der Waals surface area (Å²) in [4.78, 5) is 36.2. The second-order valence-corrected chi connectivity index (χ2v) is 10.4. The molecule has 3 heterocycles. The number of aromatic nitrogens is 2. The van der Waals surface area contributed by atoms with Gasteiger partial charge in [0.1, 0.15) is 5.69 Å². The molecule has 3 aromatic rings. The number of carbonyl (C=O) groups excluding carboxylic acids is 2. The number of thiophene rings is 2. The Labute approximate surface area is 182 Å². The van der Waals surface area contributed by atoms with Crippen LogP contribution in [0.1, 0.15) is 20.8 Å². The standard InChI is InChI=1S/C20H24N4O2S3/c1-20(2,3)23-15(25)11-24(4)16(26)12-29-19-21-17(13-7-5-9-27-13)18(22-19)14-8-6-10-28-14/h5-10H,11-12H2,1-4H3,(H,21,22)(H,23,25). The molecule has 9 heteroatoms. The van der Waals surface area contributed by atoms with Crippen molar-refractivity contribution in [2.45, 2.75) is 31.5 Å². The summed E-state index contributed by atoms with van der Waals surface area (Å²) < 4.78 is 0. The summed E-state index contributed by atoms with van der Waals surface area (Å²) in [7, 11) is 1.64. The molecule has 2 amide bonds. The first-order chi connectivity index (χ1) is 13.7. The molecule has 0 atom stereocenters. The predicted molar refractivity (Wildman–Crippen MR) is 121 cm³/mol. The normalized spacial score (nSPS) is 11.4. The van der Waals surface area contributed by atoms with E-state index in [4.69, 9.17) is 4.98 Å². The summed E-state index contributed by atoms with van der Waals surface area (Å²) in [6.45, 7) is 5.78. The zero-order valence-corrected chi connectivity index (χ0v) is 19.3. The van der Waals surface area contributed by atoms with Crippen molar-refractivity contribution in [3.63, 3.8) is 0 Å². The van der Waals surface area contributed by atoms with Crippen molar-refractivity contribution < 1.29 is 9.59 Å². The number of aromatic amines is 1. The minimum Gasteiger partial charge on any atom is -0.350 e. The van der Waals surface area contributed by atoms with Crippen molar-refractivity contribution in [3.05, 3.63) is 35.0 Å². The maximum absolute atomic E-state index is 12.5. The number of nitrogens with one attached hydrogen (secondary N) is 2. The van der Waals surface area contributed by atoms with Crippen molar-refractivity contribution in [3.8, 4) is 21.1 Å². The van der Waals surface area contributed by atoms with Gasteiger partial charge in [0.2, 0.25) is 11.8 Å². The largest absolute Gasteiger partial charge is 0.350 e. The van der Waals surface area contributed by atoms with Crippen molar-refractivity contribution in [2.24, 2.45) is 0 Å². The summed E-state index contributed by atoms with van der Waals surface area (Å²) in [5, 5.41) is 7.61. The molecule has 0 bridgehead atoms. The van der Waals surface area contributed by atoms with Gasteiger partial charge in [-0.3, -0.25) is 9.59 Å². The lowest BCUT2D eigenvalue weighted by Gasteiger charge is -2.23. The van der Waals surface area contributed by atoms with E-state index in [1.807, 2.05) is 49.7 Å². The highest BCUT2D eigenvalue weighted by Crippen LogP contribution is 2.36. The first kappa shape index (κ1) is 21.6. The summed E-state index contributed by atoms with van der Waals surface area (Å²) in [5.74, 6) is -0.0808. The number of H-pyrrole nitrogens is 1. The smallest absolute Gasteiger partial charge is 0.240 e. The van der Waals surface area contributed by atoms with E-state index in [1.54, 1.807) is 29.7 Å². The maximum atomic E-state index is 12.5.